The number of benzene rings is 1. The molecule has 1 aliphatic rings. The van der Waals surface area contributed by atoms with Crippen molar-refractivity contribution >= 4 is 12.0 Å². The minimum absolute atomic E-state index is 0.0768. The average Bonchev–Trinajstić information content (AvgIpc) is 2.99. The first-order valence-corrected chi connectivity index (χ1v) is 7.84. The number of ether oxygens (including phenoxy) is 1. The second-order valence-corrected chi connectivity index (χ2v) is 5.66. The van der Waals surface area contributed by atoms with Gasteiger partial charge in [0.2, 0.25) is 5.91 Å². The van der Waals surface area contributed by atoms with Crippen LogP contribution in [0.5, 0.6) is 0 Å². The third kappa shape index (κ3) is 5.01. The van der Waals surface area contributed by atoms with Gasteiger partial charge in [-0.3, -0.25) is 4.79 Å². The van der Waals surface area contributed by atoms with E-state index in [2.05, 4.69) is 26.0 Å². The fraction of sp³-hybridized carbons (Fsp3) is 0.500. The van der Waals surface area contributed by atoms with Gasteiger partial charge < -0.3 is 9.64 Å². The molecule has 0 radical (unpaired) electrons. The Morgan fingerprint density at radius 1 is 1.38 bits per heavy atom. The standard InChI is InChI=1S/C18H25NO2/c1-3-12-19(14-17-5-4-13-21-17)18(20)11-10-16-8-6-15(2)7-9-16/h6-11,17H,3-5,12-14H2,1-2H3. The Kier molecular flexibility index (Phi) is 6.00. The highest BCUT2D eigenvalue weighted by Gasteiger charge is 2.20. The van der Waals surface area contributed by atoms with Gasteiger partial charge in [0, 0.05) is 25.8 Å². The predicted octanol–water partition coefficient (Wildman–Crippen LogP) is 3.43. The molecule has 3 nitrogen and oxygen atoms in total. The molecular weight excluding hydrogens is 262 g/mol. The van der Waals surface area contributed by atoms with E-state index >= 15 is 0 Å². The summed E-state index contributed by atoms with van der Waals surface area (Å²) in [6.07, 6.45) is 6.92. The highest BCUT2D eigenvalue weighted by atomic mass is 16.5. The molecular formula is C18H25NO2. The Bertz CT molecular complexity index is 472. The lowest BCUT2D eigenvalue weighted by molar-refractivity contribution is -0.127. The molecule has 0 aromatic heterocycles. The summed E-state index contributed by atoms with van der Waals surface area (Å²) >= 11 is 0. The van der Waals surface area contributed by atoms with Crippen LogP contribution in [0.2, 0.25) is 0 Å². The van der Waals surface area contributed by atoms with E-state index in [1.807, 2.05) is 23.1 Å². The Hall–Kier alpha value is -1.61. The maximum Gasteiger partial charge on any atom is 0.246 e. The Balaban J connectivity index is 1.95. The van der Waals surface area contributed by atoms with Crippen molar-refractivity contribution in [1.82, 2.24) is 4.90 Å². The van der Waals surface area contributed by atoms with Gasteiger partial charge in [-0.1, -0.05) is 36.8 Å². The van der Waals surface area contributed by atoms with Crippen LogP contribution >= 0.6 is 0 Å². The van der Waals surface area contributed by atoms with Gasteiger partial charge in [0.15, 0.2) is 0 Å². The molecule has 1 fully saturated rings. The number of hydrogen-bond donors (Lipinski definition) is 0. The molecule has 1 atom stereocenters. The summed E-state index contributed by atoms with van der Waals surface area (Å²) in [7, 11) is 0. The topological polar surface area (TPSA) is 29.5 Å². The molecule has 1 aromatic carbocycles. The van der Waals surface area contributed by atoms with Gasteiger partial charge in [-0.25, -0.2) is 0 Å². The molecule has 114 valence electrons. The minimum atomic E-state index is 0.0768. The smallest absolute Gasteiger partial charge is 0.246 e. The van der Waals surface area contributed by atoms with Crippen LogP contribution in [0.15, 0.2) is 30.3 Å². The zero-order valence-electron chi connectivity index (χ0n) is 13.0. The van der Waals surface area contributed by atoms with Crippen LogP contribution in [0.25, 0.3) is 6.08 Å². The van der Waals surface area contributed by atoms with E-state index in [-0.39, 0.29) is 12.0 Å². The average molecular weight is 287 g/mol. The molecule has 1 aliphatic heterocycles. The summed E-state index contributed by atoms with van der Waals surface area (Å²) in [6.45, 7) is 6.49. The van der Waals surface area contributed by atoms with Crippen LogP contribution in [0, 0.1) is 6.92 Å². The molecule has 0 N–H and O–H groups in total. The van der Waals surface area contributed by atoms with E-state index in [4.69, 9.17) is 4.74 Å². The first-order valence-electron chi connectivity index (χ1n) is 7.84. The maximum absolute atomic E-state index is 12.3. The lowest BCUT2D eigenvalue weighted by Crippen LogP contribution is -2.36. The molecule has 21 heavy (non-hydrogen) atoms. The number of amides is 1. The number of carbonyl (C=O) groups excluding carboxylic acids is 1. The van der Waals surface area contributed by atoms with Crippen molar-refractivity contribution in [1.29, 1.82) is 0 Å². The SMILES string of the molecule is CCCN(CC1CCCO1)C(=O)C=Cc1ccc(C)cc1. The van der Waals surface area contributed by atoms with E-state index in [1.54, 1.807) is 6.08 Å². The zero-order valence-corrected chi connectivity index (χ0v) is 13.0. The summed E-state index contributed by atoms with van der Waals surface area (Å²) in [6, 6.07) is 8.17. The van der Waals surface area contributed by atoms with Crippen molar-refractivity contribution in [2.75, 3.05) is 19.7 Å². The molecule has 0 spiro atoms. The van der Waals surface area contributed by atoms with Crippen molar-refractivity contribution in [2.24, 2.45) is 0 Å². The molecule has 0 saturated carbocycles. The van der Waals surface area contributed by atoms with Crippen molar-refractivity contribution in [3.63, 3.8) is 0 Å². The molecule has 1 aromatic rings. The van der Waals surface area contributed by atoms with Crippen LogP contribution in [-0.4, -0.2) is 36.6 Å². The van der Waals surface area contributed by atoms with Crippen molar-refractivity contribution < 1.29 is 9.53 Å². The molecule has 3 heteroatoms. The Labute approximate surface area is 127 Å². The quantitative estimate of drug-likeness (QED) is 0.750. The third-order valence-corrected chi connectivity index (χ3v) is 3.75. The Morgan fingerprint density at radius 3 is 2.76 bits per heavy atom. The molecule has 1 unspecified atom stereocenters. The highest BCUT2D eigenvalue weighted by Crippen LogP contribution is 2.14. The van der Waals surface area contributed by atoms with Crippen LogP contribution in [0.4, 0.5) is 0 Å². The fourth-order valence-corrected chi connectivity index (χ4v) is 2.55. The monoisotopic (exact) mass is 287 g/mol. The van der Waals surface area contributed by atoms with Crippen molar-refractivity contribution in [3.8, 4) is 0 Å². The highest BCUT2D eigenvalue weighted by molar-refractivity contribution is 5.91. The van der Waals surface area contributed by atoms with Crippen LogP contribution in [0.1, 0.15) is 37.3 Å². The summed E-state index contributed by atoms with van der Waals surface area (Å²) in [4.78, 5) is 14.2. The van der Waals surface area contributed by atoms with Crippen LogP contribution in [-0.2, 0) is 9.53 Å². The number of carbonyl (C=O) groups is 1. The fourth-order valence-electron chi connectivity index (χ4n) is 2.55. The Morgan fingerprint density at radius 2 is 2.14 bits per heavy atom. The van der Waals surface area contributed by atoms with Gasteiger partial charge in [-0.2, -0.15) is 0 Å². The summed E-state index contributed by atoms with van der Waals surface area (Å²) < 4.78 is 5.64. The zero-order chi connectivity index (χ0) is 15.1. The van der Waals surface area contributed by atoms with Gasteiger partial charge in [0.25, 0.3) is 0 Å². The normalized spacial score (nSPS) is 18.3. The van der Waals surface area contributed by atoms with Gasteiger partial charge in [-0.15, -0.1) is 0 Å². The molecule has 0 aliphatic carbocycles. The van der Waals surface area contributed by atoms with Gasteiger partial charge >= 0.3 is 0 Å². The first kappa shape index (κ1) is 15.8. The van der Waals surface area contributed by atoms with E-state index in [0.29, 0.717) is 6.54 Å². The van der Waals surface area contributed by atoms with E-state index in [1.165, 1.54) is 5.56 Å². The van der Waals surface area contributed by atoms with E-state index < -0.39 is 0 Å². The van der Waals surface area contributed by atoms with Crippen LogP contribution < -0.4 is 0 Å². The lowest BCUT2D eigenvalue weighted by atomic mass is 10.1. The first-order chi connectivity index (χ1) is 10.2. The maximum atomic E-state index is 12.3. The van der Waals surface area contributed by atoms with E-state index in [9.17, 15) is 4.79 Å². The minimum Gasteiger partial charge on any atom is -0.376 e. The second-order valence-electron chi connectivity index (χ2n) is 5.66. The largest absolute Gasteiger partial charge is 0.376 e. The molecule has 1 amide bonds. The number of rotatable bonds is 6. The number of hydrogen-bond acceptors (Lipinski definition) is 2. The van der Waals surface area contributed by atoms with Gasteiger partial charge in [0.05, 0.1) is 6.10 Å². The summed E-state index contributed by atoms with van der Waals surface area (Å²) in [5, 5.41) is 0. The third-order valence-electron chi connectivity index (χ3n) is 3.75. The summed E-state index contributed by atoms with van der Waals surface area (Å²) in [5.74, 6) is 0.0768. The van der Waals surface area contributed by atoms with Crippen LogP contribution in [0.3, 0.4) is 0 Å². The van der Waals surface area contributed by atoms with Gasteiger partial charge in [0.1, 0.15) is 0 Å². The number of nitrogens with zero attached hydrogens (tertiary/aromatic N) is 1. The van der Waals surface area contributed by atoms with Gasteiger partial charge in [-0.05, 0) is 37.8 Å². The predicted molar refractivity (Wildman–Crippen MR) is 86.1 cm³/mol. The molecule has 0 bridgehead atoms. The van der Waals surface area contributed by atoms with Crippen molar-refractivity contribution in [2.45, 2.75) is 39.2 Å². The molecule has 1 saturated heterocycles. The summed E-state index contributed by atoms with van der Waals surface area (Å²) in [5.41, 5.74) is 2.28. The second kappa shape index (κ2) is 7.99. The molecule has 1 heterocycles. The van der Waals surface area contributed by atoms with Crippen molar-refractivity contribution in [3.05, 3.63) is 41.5 Å². The molecule has 2 rings (SSSR count). The number of aryl methyl sites for hydroxylation is 1. The van der Waals surface area contributed by atoms with E-state index in [0.717, 1.165) is 38.0 Å². The lowest BCUT2D eigenvalue weighted by Gasteiger charge is -2.23.